The van der Waals surface area contributed by atoms with Crippen molar-refractivity contribution in [3.05, 3.63) is 114 Å². The number of hydrogen-bond donors (Lipinski definition) is 0. The van der Waals surface area contributed by atoms with Crippen LogP contribution >= 0.6 is 22.7 Å². The van der Waals surface area contributed by atoms with Crippen LogP contribution in [0.3, 0.4) is 0 Å². The van der Waals surface area contributed by atoms with Crippen LogP contribution in [-0.2, 0) is 0 Å². The molecule has 0 N–H and O–H groups in total. The number of para-hydroxylation sites is 1. The largest absolute Gasteiger partial charge is 0.380 e. The quantitative estimate of drug-likeness (QED) is 0.158. The molecule has 48 heavy (non-hydrogen) atoms. The van der Waals surface area contributed by atoms with E-state index in [0.29, 0.717) is 15.4 Å². The lowest BCUT2D eigenvalue weighted by molar-refractivity contribution is -0.254. The molecular weight excluding hydrogens is 663 g/mol. The first kappa shape index (κ1) is 33.7. The van der Waals surface area contributed by atoms with E-state index in [1.54, 1.807) is 30.4 Å². The molecular formula is C38H32F6N2S2. The average Bonchev–Trinajstić information content (AvgIpc) is 3.51. The van der Waals surface area contributed by atoms with E-state index < -0.39 is 28.9 Å². The third-order valence-corrected chi connectivity index (χ3v) is 11.1. The van der Waals surface area contributed by atoms with E-state index in [2.05, 4.69) is 4.98 Å². The lowest BCUT2D eigenvalue weighted by Crippen LogP contribution is -2.49. The van der Waals surface area contributed by atoms with Crippen LogP contribution in [0.15, 0.2) is 60.7 Å². The highest BCUT2D eigenvalue weighted by atomic mass is 32.1. The Balaban J connectivity index is 1.47. The fraction of sp³-hybridized carbons (Fsp3) is 0.237. The van der Waals surface area contributed by atoms with E-state index >= 15 is 26.3 Å². The van der Waals surface area contributed by atoms with Gasteiger partial charge in [-0.15, -0.1) is 22.7 Å². The molecule has 248 valence electrons. The van der Waals surface area contributed by atoms with Crippen LogP contribution in [0.25, 0.3) is 46.4 Å². The number of halogens is 6. The van der Waals surface area contributed by atoms with E-state index in [4.69, 9.17) is 0 Å². The molecule has 2 nitrogen and oxygen atoms in total. The van der Waals surface area contributed by atoms with Gasteiger partial charge in [-0.05, 0) is 86.9 Å². The van der Waals surface area contributed by atoms with Crippen LogP contribution in [0, 0.1) is 27.7 Å². The second-order valence-electron chi connectivity index (χ2n) is 12.1. The number of anilines is 1. The average molecular weight is 695 g/mol. The van der Waals surface area contributed by atoms with Crippen molar-refractivity contribution in [1.82, 2.24) is 4.98 Å². The first-order chi connectivity index (χ1) is 22.6. The summed E-state index contributed by atoms with van der Waals surface area (Å²) in [6, 6.07) is 18.9. The maximum Gasteiger partial charge on any atom is 0.380 e. The molecule has 0 unspecified atom stereocenters. The Bertz CT molecular complexity index is 2130. The number of allylic oxidation sites excluding steroid dienone is 2. The normalized spacial score (nSPS) is 17.0. The lowest BCUT2D eigenvalue weighted by Gasteiger charge is -2.26. The SMILES string of the molecule is Cc1sc(C=Cc2ccc(N(C)C)cc2)c(C)c1C1=C(c2c(C)sc(C=Cc3ccc4ccccc4n3)c2C)C(F)(F)C(F)(F)C1(F)F. The van der Waals surface area contributed by atoms with Gasteiger partial charge in [0.1, 0.15) is 0 Å². The predicted octanol–water partition coefficient (Wildman–Crippen LogP) is 11.8. The summed E-state index contributed by atoms with van der Waals surface area (Å²) < 4.78 is 94.1. The molecule has 2 aromatic carbocycles. The number of aryl methyl sites for hydroxylation is 2. The molecule has 0 amide bonds. The van der Waals surface area contributed by atoms with Crippen molar-refractivity contribution in [1.29, 1.82) is 0 Å². The fourth-order valence-corrected chi connectivity index (χ4v) is 8.34. The molecule has 0 bridgehead atoms. The minimum Gasteiger partial charge on any atom is -0.378 e. The smallest absolute Gasteiger partial charge is 0.378 e. The second-order valence-corrected chi connectivity index (χ2v) is 14.6. The summed E-state index contributed by atoms with van der Waals surface area (Å²) >= 11 is 2.19. The summed E-state index contributed by atoms with van der Waals surface area (Å²) in [4.78, 5) is 8.04. The van der Waals surface area contributed by atoms with E-state index in [1.165, 1.54) is 27.7 Å². The summed E-state index contributed by atoms with van der Waals surface area (Å²) in [7, 11) is 3.83. The topological polar surface area (TPSA) is 16.1 Å². The van der Waals surface area contributed by atoms with Crippen LogP contribution in [-0.4, -0.2) is 36.8 Å². The highest BCUT2D eigenvalue weighted by Crippen LogP contribution is 2.66. The summed E-state index contributed by atoms with van der Waals surface area (Å²) in [5.41, 5.74) is 0.500. The van der Waals surface area contributed by atoms with Crippen molar-refractivity contribution >= 4 is 74.7 Å². The summed E-state index contributed by atoms with van der Waals surface area (Å²) in [5.74, 6) is -15.9. The maximum absolute atomic E-state index is 15.9. The van der Waals surface area contributed by atoms with Crippen LogP contribution in [0.5, 0.6) is 0 Å². The Labute approximate surface area is 283 Å². The van der Waals surface area contributed by atoms with Crippen molar-refractivity contribution in [2.45, 2.75) is 45.5 Å². The first-order valence-corrected chi connectivity index (χ1v) is 16.8. The Morgan fingerprint density at radius 3 is 1.69 bits per heavy atom. The number of pyridine rings is 1. The molecule has 3 heterocycles. The van der Waals surface area contributed by atoms with Crippen molar-refractivity contribution in [2.24, 2.45) is 0 Å². The zero-order valence-corrected chi connectivity index (χ0v) is 28.7. The van der Waals surface area contributed by atoms with Gasteiger partial charge in [-0.2, -0.15) is 26.3 Å². The van der Waals surface area contributed by atoms with Crippen molar-refractivity contribution in [3.63, 3.8) is 0 Å². The molecule has 0 atom stereocenters. The Kier molecular flexibility index (Phi) is 8.48. The summed E-state index contributed by atoms with van der Waals surface area (Å²) in [6.45, 7) is 6.02. The van der Waals surface area contributed by atoms with Gasteiger partial charge in [0.2, 0.25) is 0 Å². The minimum atomic E-state index is -5.64. The van der Waals surface area contributed by atoms with Gasteiger partial charge < -0.3 is 4.90 Å². The Morgan fingerprint density at radius 2 is 1.15 bits per heavy atom. The summed E-state index contributed by atoms with van der Waals surface area (Å²) in [6.07, 6.45) is 6.84. The highest BCUT2D eigenvalue weighted by Gasteiger charge is 2.80. The summed E-state index contributed by atoms with van der Waals surface area (Å²) in [5, 5.41) is 0.946. The number of aromatic nitrogens is 1. The molecule has 0 saturated heterocycles. The molecule has 0 saturated carbocycles. The van der Waals surface area contributed by atoms with Crippen LogP contribution < -0.4 is 4.90 Å². The first-order valence-electron chi connectivity index (χ1n) is 15.1. The Hall–Kier alpha value is -4.15. The fourth-order valence-electron chi connectivity index (χ4n) is 6.18. The number of alkyl halides is 6. The molecule has 3 aromatic heterocycles. The second kappa shape index (κ2) is 12.1. The van der Waals surface area contributed by atoms with E-state index in [9.17, 15) is 0 Å². The van der Waals surface area contributed by atoms with Gasteiger partial charge in [-0.3, -0.25) is 0 Å². The standard InChI is InChI=1S/C38H32F6N2S2/c1-21-30(19-13-25-11-17-28(18-12-25)46(5)6)47-23(3)32(21)34-35(37(41,42)38(43,44)36(34,39)40)33-22(2)31(48-24(33)4)20-16-27-15-14-26-9-7-8-10-29(26)45-27/h7-20H,1-6H3. The number of rotatable bonds is 7. The van der Waals surface area contributed by atoms with Gasteiger partial charge in [-0.25, -0.2) is 4.98 Å². The zero-order valence-electron chi connectivity index (χ0n) is 27.1. The van der Waals surface area contributed by atoms with Gasteiger partial charge in [0.05, 0.1) is 11.2 Å². The third kappa shape index (κ3) is 5.39. The maximum atomic E-state index is 15.9. The van der Waals surface area contributed by atoms with Crippen LogP contribution in [0.2, 0.25) is 0 Å². The molecule has 5 aromatic rings. The molecule has 10 heteroatoms. The van der Waals surface area contributed by atoms with Gasteiger partial charge >= 0.3 is 17.8 Å². The molecule has 1 aliphatic rings. The van der Waals surface area contributed by atoms with Crippen molar-refractivity contribution in [2.75, 3.05) is 19.0 Å². The van der Waals surface area contributed by atoms with Crippen LogP contribution in [0.1, 0.15) is 53.0 Å². The number of hydrogen-bond acceptors (Lipinski definition) is 4. The van der Waals surface area contributed by atoms with E-state index in [0.717, 1.165) is 44.8 Å². The number of nitrogens with zero attached hydrogens (tertiary/aromatic N) is 2. The van der Waals surface area contributed by atoms with Crippen molar-refractivity contribution < 1.29 is 26.3 Å². The van der Waals surface area contributed by atoms with Gasteiger partial charge in [0.15, 0.2) is 0 Å². The van der Waals surface area contributed by atoms with E-state index in [-0.39, 0.29) is 32.0 Å². The molecule has 0 spiro atoms. The number of fused-ring (bicyclic) bond motifs is 1. The molecule has 6 rings (SSSR count). The predicted molar refractivity (Wildman–Crippen MR) is 190 cm³/mol. The molecule has 0 fully saturated rings. The van der Waals surface area contributed by atoms with Gasteiger partial charge in [-0.1, -0.05) is 42.5 Å². The van der Waals surface area contributed by atoms with Crippen LogP contribution in [0.4, 0.5) is 32.0 Å². The number of benzene rings is 2. The number of thiophene rings is 2. The molecule has 0 radical (unpaired) electrons. The molecule has 0 aliphatic heterocycles. The lowest BCUT2D eigenvalue weighted by atomic mass is 9.90. The highest BCUT2D eigenvalue weighted by molar-refractivity contribution is 7.13. The molecule has 1 aliphatic carbocycles. The monoisotopic (exact) mass is 694 g/mol. The van der Waals surface area contributed by atoms with Gasteiger partial charge in [0.25, 0.3) is 0 Å². The minimum absolute atomic E-state index is 0.224. The Morgan fingerprint density at radius 1 is 0.625 bits per heavy atom. The third-order valence-electron chi connectivity index (χ3n) is 8.75. The van der Waals surface area contributed by atoms with Crippen molar-refractivity contribution in [3.8, 4) is 0 Å². The van der Waals surface area contributed by atoms with E-state index in [1.807, 2.05) is 73.6 Å². The zero-order chi connectivity index (χ0) is 34.8. The van der Waals surface area contributed by atoms with Gasteiger partial charge in [0, 0.05) is 67.0 Å².